The fourth-order valence-corrected chi connectivity index (χ4v) is 4.42. The minimum atomic E-state index is -3.71. The molecule has 1 unspecified atom stereocenters. The number of sulfonamides is 1. The van der Waals surface area contributed by atoms with Crippen LogP contribution in [0, 0.1) is 5.92 Å². The molecular formula is C16H16N2O5S2. The molecule has 0 bridgehead atoms. The Bertz CT molecular complexity index is 889. The molecule has 0 aliphatic heterocycles. The van der Waals surface area contributed by atoms with E-state index in [2.05, 4.69) is 10.0 Å². The highest BCUT2D eigenvalue weighted by molar-refractivity contribution is 7.94. The highest BCUT2D eigenvalue weighted by Gasteiger charge is 2.37. The van der Waals surface area contributed by atoms with E-state index in [4.69, 9.17) is 0 Å². The third-order valence-corrected chi connectivity index (χ3v) is 6.56. The van der Waals surface area contributed by atoms with Gasteiger partial charge in [-0.1, -0.05) is 12.1 Å². The smallest absolute Gasteiger partial charge is 0.326 e. The minimum Gasteiger partial charge on any atom is -0.480 e. The predicted molar refractivity (Wildman–Crippen MR) is 93.2 cm³/mol. The van der Waals surface area contributed by atoms with Crippen LogP contribution >= 0.6 is 11.3 Å². The largest absolute Gasteiger partial charge is 0.480 e. The molecule has 3 N–H and O–H groups in total. The van der Waals surface area contributed by atoms with E-state index in [0.717, 1.165) is 24.2 Å². The highest BCUT2D eigenvalue weighted by atomic mass is 32.2. The molecule has 132 valence electrons. The number of thiophene rings is 1. The Kier molecular flexibility index (Phi) is 4.78. The van der Waals surface area contributed by atoms with Gasteiger partial charge in [-0.3, -0.25) is 9.52 Å². The molecule has 1 aromatic heterocycles. The van der Waals surface area contributed by atoms with E-state index in [9.17, 15) is 23.1 Å². The van der Waals surface area contributed by atoms with Gasteiger partial charge in [0.25, 0.3) is 15.9 Å². The number of anilines is 1. The van der Waals surface area contributed by atoms with Crippen LogP contribution < -0.4 is 10.0 Å². The van der Waals surface area contributed by atoms with Crippen LogP contribution in [-0.4, -0.2) is 31.4 Å². The fourth-order valence-electron chi connectivity index (χ4n) is 2.38. The number of hydrogen-bond donors (Lipinski definition) is 3. The number of amides is 1. The summed E-state index contributed by atoms with van der Waals surface area (Å²) in [6, 6.07) is 8.14. The van der Waals surface area contributed by atoms with E-state index < -0.39 is 27.9 Å². The number of hydrogen-bond acceptors (Lipinski definition) is 5. The van der Waals surface area contributed by atoms with Crippen molar-refractivity contribution in [3.05, 3.63) is 47.3 Å². The van der Waals surface area contributed by atoms with Crippen LogP contribution in [0.15, 0.2) is 46.0 Å². The first-order valence-corrected chi connectivity index (χ1v) is 9.93. The maximum atomic E-state index is 12.3. The lowest BCUT2D eigenvalue weighted by Crippen LogP contribution is -2.42. The second-order valence-electron chi connectivity index (χ2n) is 5.75. The average molecular weight is 380 g/mol. The van der Waals surface area contributed by atoms with E-state index >= 15 is 0 Å². The number of carboxylic acids is 1. The van der Waals surface area contributed by atoms with Crippen LogP contribution in [0.1, 0.15) is 23.2 Å². The van der Waals surface area contributed by atoms with Crippen molar-refractivity contribution in [1.29, 1.82) is 0 Å². The zero-order chi connectivity index (χ0) is 18.0. The fraction of sp³-hybridized carbons (Fsp3) is 0.250. The van der Waals surface area contributed by atoms with Crippen molar-refractivity contribution in [3.8, 4) is 0 Å². The maximum Gasteiger partial charge on any atom is 0.326 e. The standard InChI is InChI=1S/C16H16N2O5S2/c19-15(17-14(16(20)21)10-6-7-10)11-3-1-4-12(9-11)18-25(22,23)13-5-2-8-24-13/h1-5,8-10,14,18H,6-7H2,(H,17,19)(H,20,21). The normalized spacial score (nSPS) is 15.4. The van der Waals surface area contributed by atoms with Crippen molar-refractivity contribution in [2.45, 2.75) is 23.1 Å². The van der Waals surface area contributed by atoms with Crippen molar-refractivity contribution >= 4 is 38.9 Å². The van der Waals surface area contributed by atoms with E-state index in [1.165, 1.54) is 30.3 Å². The zero-order valence-corrected chi connectivity index (χ0v) is 14.6. The number of carbonyl (C=O) groups is 2. The molecule has 1 heterocycles. The topological polar surface area (TPSA) is 113 Å². The van der Waals surface area contributed by atoms with E-state index in [-0.39, 0.29) is 21.4 Å². The Hall–Kier alpha value is -2.39. The number of nitrogens with one attached hydrogen (secondary N) is 2. The Balaban J connectivity index is 1.75. The van der Waals surface area contributed by atoms with Gasteiger partial charge in [-0.2, -0.15) is 0 Å². The van der Waals surface area contributed by atoms with Gasteiger partial charge in [0.2, 0.25) is 0 Å². The summed E-state index contributed by atoms with van der Waals surface area (Å²) in [7, 11) is -3.71. The molecule has 0 saturated heterocycles. The number of rotatable bonds is 7. The molecule has 3 rings (SSSR count). The minimum absolute atomic E-state index is 0.0398. The highest BCUT2D eigenvalue weighted by Crippen LogP contribution is 2.33. The van der Waals surface area contributed by atoms with Gasteiger partial charge >= 0.3 is 5.97 Å². The van der Waals surface area contributed by atoms with Crippen LogP contribution in [0.3, 0.4) is 0 Å². The lowest BCUT2D eigenvalue weighted by molar-refractivity contribution is -0.139. The molecule has 1 fully saturated rings. The maximum absolute atomic E-state index is 12.3. The predicted octanol–water partition coefficient (Wildman–Crippen LogP) is 2.14. The lowest BCUT2D eigenvalue weighted by Gasteiger charge is -2.14. The van der Waals surface area contributed by atoms with Crippen molar-refractivity contribution < 1.29 is 23.1 Å². The van der Waals surface area contributed by atoms with Gasteiger partial charge in [-0.15, -0.1) is 11.3 Å². The molecule has 0 spiro atoms. The summed E-state index contributed by atoms with van der Waals surface area (Å²) in [5.74, 6) is -1.65. The SMILES string of the molecule is O=C(NC(C(=O)O)C1CC1)c1cccc(NS(=O)(=O)c2cccs2)c1. The summed E-state index contributed by atoms with van der Waals surface area (Å²) in [4.78, 5) is 23.5. The van der Waals surface area contributed by atoms with Gasteiger partial charge in [0.1, 0.15) is 10.3 Å². The summed E-state index contributed by atoms with van der Waals surface area (Å²) in [6.45, 7) is 0. The first-order chi connectivity index (χ1) is 11.9. The molecule has 1 aliphatic carbocycles. The second-order valence-corrected chi connectivity index (χ2v) is 8.60. The summed E-state index contributed by atoms with van der Waals surface area (Å²) in [6.07, 6.45) is 1.55. The summed E-state index contributed by atoms with van der Waals surface area (Å²) in [5.41, 5.74) is 0.428. The monoisotopic (exact) mass is 380 g/mol. The number of benzene rings is 1. The number of aliphatic carboxylic acids is 1. The van der Waals surface area contributed by atoms with E-state index in [1.807, 2.05) is 0 Å². The Morgan fingerprint density at radius 3 is 2.56 bits per heavy atom. The quantitative estimate of drug-likeness (QED) is 0.681. The molecule has 0 radical (unpaired) electrons. The Morgan fingerprint density at radius 2 is 1.96 bits per heavy atom. The third-order valence-electron chi connectivity index (χ3n) is 3.78. The van der Waals surface area contributed by atoms with Crippen LogP contribution in [0.2, 0.25) is 0 Å². The van der Waals surface area contributed by atoms with Gasteiger partial charge < -0.3 is 10.4 Å². The first kappa shape index (κ1) is 17.4. The van der Waals surface area contributed by atoms with Crippen LogP contribution in [0.25, 0.3) is 0 Å². The molecule has 2 aromatic rings. The van der Waals surface area contributed by atoms with Crippen molar-refractivity contribution in [2.24, 2.45) is 5.92 Å². The van der Waals surface area contributed by atoms with E-state index in [0.29, 0.717) is 0 Å². The lowest BCUT2D eigenvalue weighted by atomic mass is 10.1. The summed E-state index contributed by atoms with van der Waals surface area (Å²) >= 11 is 1.09. The molecule has 1 saturated carbocycles. The number of carboxylic acid groups (broad SMARTS) is 1. The van der Waals surface area contributed by atoms with Gasteiger partial charge in [-0.25, -0.2) is 13.2 Å². The van der Waals surface area contributed by atoms with Crippen molar-refractivity contribution in [1.82, 2.24) is 5.32 Å². The van der Waals surface area contributed by atoms with Gasteiger partial charge in [-0.05, 0) is 48.4 Å². The number of carbonyl (C=O) groups excluding carboxylic acids is 1. The van der Waals surface area contributed by atoms with Gasteiger partial charge in [0.05, 0.1) is 0 Å². The zero-order valence-electron chi connectivity index (χ0n) is 13.0. The Morgan fingerprint density at radius 1 is 1.20 bits per heavy atom. The molecule has 7 nitrogen and oxygen atoms in total. The first-order valence-electron chi connectivity index (χ1n) is 7.57. The molecule has 1 amide bonds. The summed E-state index contributed by atoms with van der Waals surface area (Å²) in [5, 5.41) is 13.3. The van der Waals surface area contributed by atoms with Crippen LogP contribution in [0.4, 0.5) is 5.69 Å². The van der Waals surface area contributed by atoms with Crippen molar-refractivity contribution in [3.63, 3.8) is 0 Å². The molecule has 25 heavy (non-hydrogen) atoms. The summed E-state index contributed by atoms with van der Waals surface area (Å²) < 4.78 is 27.0. The molecular weight excluding hydrogens is 364 g/mol. The van der Waals surface area contributed by atoms with Crippen molar-refractivity contribution in [2.75, 3.05) is 4.72 Å². The van der Waals surface area contributed by atoms with Crippen LogP contribution in [0.5, 0.6) is 0 Å². The molecule has 1 aliphatic rings. The average Bonchev–Trinajstić information content (AvgIpc) is 3.23. The van der Waals surface area contributed by atoms with Gasteiger partial charge in [0, 0.05) is 11.3 Å². The third kappa shape index (κ3) is 4.18. The van der Waals surface area contributed by atoms with Gasteiger partial charge in [0.15, 0.2) is 0 Å². The molecule has 1 aromatic carbocycles. The van der Waals surface area contributed by atoms with E-state index in [1.54, 1.807) is 11.4 Å². The van der Waals surface area contributed by atoms with Crippen LogP contribution in [-0.2, 0) is 14.8 Å². The molecule has 9 heteroatoms. The molecule has 1 atom stereocenters. The Labute approximate surface area is 148 Å². The second kappa shape index (κ2) is 6.85.